The van der Waals surface area contributed by atoms with Crippen molar-refractivity contribution in [2.75, 3.05) is 39.1 Å². The normalized spacial score (nSPS) is 14.2. The summed E-state index contributed by atoms with van der Waals surface area (Å²) < 4.78 is 0. The molecule has 0 aliphatic heterocycles. The third-order valence-corrected chi connectivity index (χ3v) is 3.86. The lowest BCUT2D eigenvalue weighted by atomic mass is 10.1. The molecule has 2 rings (SSSR count). The molecule has 1 fully saturated rings. The summed E-state index contributed by atoms with van der Waals surface area (Å²) in [5.41, 5.74) is 3.01. The van der Waals surface area contributed by atoms with Gasteiger partial charge in [0.15, 0.2) is 0 Å². The van der Waals surface area contributed by atoms with Crippen molar-refractivity contribution in [1.29, 1.82) is 5.26 Å². The minimum Gasteiger partial charge on any atom is -0.373 e. The van der Waals surface area contributed by atoms with Crippen LogP contribution in [0.4, 0.5) is 5.69 Å². The topological polar surface area (TPSA) is 42.3 Å². The second-order valence-electron chi connectivity index (χ2n) is 6.20. The molecule has 0 bridgehead atoms. The van der Waals surface area contributed by atoms with E-state index in [1.165, 1.54) is 18.4 Å². The van der Waals surface area contributed by atoms with E-state index in [0.717, 1.165) is 37.3 Å². The van der Waals surface area contributed by atoms with Crippen LogP contribution < -0.4 is 10.2 Å². The van der Waals surface area contributed by atoms with Crippen LogP contribution in [0.3, 0.4) is 0 Å². The fraction of sp³-hybridized carbons (Fsp3) is 0.588. The number of nitrogens with zero attached hydrogens (tertiary/aromatic N) is 3. The predicted molar refractivity (Wildman–Crippen MR) is 87.5 cm³/mol. The van der Waals surface area contributed by atoms with Gasteiger partial charge in [-0.1, -0.05) is 6.07 Å². The zero-order chi connectivity index (χ0) is 15.2. The molecule has 0 aromatic heterocycles. The van der Waals surface area contributed by atoms with E-state index in [4.69, 9.17) is 0 Å². The number of rotatable bonds is 8. The molecule has 0 amide bonds. The van der Waals surface area contributed by atoms with Crippen LogP contribution >= 0.6 is 0 Å². The van der Waals surface area contributed by atoms with Gasteiger partial charge in [-0.2, -0.15) is 5.26 Å². The number of hydrogen-bond donors (Lipinski definition) is 1. The van der Waals surface area contributed by atoms with Gasteiger partial charge < -0.3 is 15.1 Å². The zero-order valence-electron chi connectivity index (χ0n) is 13.4. The van der Waals surface area contributed by atoms with Gasteiger partial charge in [0.05, 0.1) is 11.3 Å². The monoisotopic (exact) mass is 286 g/mol. The van der Waals surface area contributed by atoms with Gasteiger partial charge in [-0.3, -0.25) is 0 Å². The van der Waals surface area contributed by atoms with Crippen LogP contribution in [-0.2, 0) is 6.54 Å². The molecule has 0 saturated heterocycles. The van der Waals surface area contributed by atoms with Crippen LogP contribution in [0.2, 0.25) is 0 Å². The molecule has 1 aromatic rings. The number of nitriles is 1. The van der Waals surface area contributed by atoms with Crippen molar-refractivity contribution in [1.82, 2.24) is 10.2 Å². The van der Waals surface area contributed by atoms with E-state index in [1.54, 1.807) is 0 Å². The molecule has 1 N–H and O–H groups in total. The highest BCUT2D eigenvalue weighted by atomic mass is 15.1. The lowest BCUT2D eigenvalue weighted by Crippen LogP contribution is -2.24. The maximum atomic E-state index is 9.39. The van der Waals surface area contributed by atoms with Crippen molar-refractivity contribution in [2.45, 2.75) is 31.8 Å². The summed E-state index contributed by atoms with van der Waals surface area (Å²) in [5.74, 6) is 0. The third-order valence-electron chi connectivity index (χ3n) is 3.86. The predicted octanol–water partition coefficient (Wildman–Crippen LogP) is 2.20. The van der Waals surface area contributed by atoms with E-state index in [-0.39, 0.29) is 0 Å². The van der Waals surface area contributed by atoms with Crippen molar-refractivity contribution in [3.05, 3.63) is 29.3 Å². The van der Waals surface area contributed by atoms with Crippen molar-refractivity contribution >= 4 is 5.69 Å². The Hall–Kier alpha value is -1.57. The van der Waals surface area contributed by atoms with Gasteiger partial charge in [0.1, 0.15) is 6.07 Å². The molecule has 1 saturated carbocycles. The summed E-state index contributed by atoms with van der Waals surface area (Å²) >= 11 is 0. The zero-order valence-corrected chi connectivity index (χ0v) is 13.4. The Bertz CT molecular complexity index is 500. The molecule has 0 radical (unpaired) electrons. The molecule has 21 heavy (non-hydrogen) atoms. The fourth-order valence-corrected chi connectivity index (χ4v) is 2.41. The van der Waals surface area contributed by atoms with Crippen LogP contribution in [0.25, 0.3) is 0 Å². The van der Waals surface area contributed by atoms with E-state index in [0.29, 0.717) is 6.04 Å². The van der Waals surface area contributed by atoms with E-state index < -0.39 is 0 Å². The average Bonchev–Trinajstić information content (AvgIpc) is 3.28. The smallest absolute Gasteiger partial charge is 0.101 e. The van der Waals surface area contributed by atoms with Gasteiger partial charge in [0, 0.05) is 26.2 Å². The van der Waals surface area contributed by atoms with Gasteiger partial charge in [-0.15, -0.1) is 0 Å². The molecule has 4 heteroatoms. The average molecular weight is 286 g/mol. The Labute approximate surface area is 128 Å². The van der Waals surface area contributed by atoms with Gasteiger partial charge in [0.25, 0.3) is 0 Å². The van der Waals surface area contributed by atoms with E-state index >= 15 is 0 Å². The number of anilines is 1. The fourth-order valence-electron chi connectivity index (χ4n) is 2.41. The first-order valence-electron chi connectivity index (χ1n) is 7.72. The van der Waals surface area contributed by atoms with Crippen molar-refractivity contribution < 1.29 is 0 Å². The molecular formula is C17H26N4. The summed E-state index contributed by atoms with van der Waals surface area (Å²) in [6.45, 7) is 2.89. The standard InChI is InChI=1S/C17H26N4/c1-20(2)9-4-10-21(3)17-8-5-14(11-15(17)12-18)13-19-16-6-7-16/h5,8,11,16,19H,4,6-7,9-10,13H2,1-3H3. The molecular weight excluding hydrogens is 260 g/mol. The highest BCUT2D eigenvalue weighted by Gasteiger charge is 2.20. The number of hydrogen-bond acceptors (Lipinski definition) is 4. The molecule has 0 atom stereocenters. The summed E-state index contributed by atoms with van der Waals surface area (Å²) in [6.07, 6.45) is 3.68. The Morgan fingerprint density at radius 2 is 2.00 bits per heavy atom. The van der Waals surface area contributed by atoms with Crippen LogP contribution in [0.15, 0.2) is 18.2 Å². The minimum absolute atomic E-state index is 0.698. The maximum Gasteiger partial charge on any atom is 0.101 e. The summed E-state index contributed by atoms with van der Waals surface area (Å²) in [5, 5.41) is 12.9. The summed E-state index contributed by atoms with van der Waals surface area (Å²) in [6, 6.07) is 9.27. The highest BCUT2D eigenvalue weighted by molar-refractivity contribution is 5.60. The molecule has 0 unspecified atom stereocenters. The molecule has 1 aromatic carbocycles. The second kappa shape index (κ2) is 7.44. The quantitative estimate of drug-likeness (QED) is 0.795. The lowest BCUT2D eigenvalue weighted by molar-refractivity contribution is 0.401. The summed E-state index contributed by atoms with van der Waals surface area (Å²) in [4.78, 5) is 4.37. The Balaban J connectivity index is 1.95. The molecule has 1 aliphatic rings. The van der Waals surface area contributed by atoms with Crippen molar-refractivity contribution in [3.63, 3.8) is 0 Å². The highest BCUT2D eigenvalue weighted by Crippen LogP contribution is 2.22. The SMILES string of the molecule is CN(C)CCCN(C)c1ccc(CNC2CC2)cc1C#N. The molecule has 114 valence electrons. The largest absolute Gasteiger partial charge is 0.373 e. The summed E-state index contributed by atoms with van der Waals surface area (Å²) in [7, 11) is 6.23. The minimum atomic E-state index is 0.698. The Kier molecular flexibility index (Phi) is 5.60. The van der Waals surface area contributed by atoms with Crippen LogP contribution in [0.1, 0.15) is 30.4 Å². The Morgan fingerprint density at radius 1 is 1.24 bits per heavy atom. The van der Waals surface area contributed by atoms with Gasteiger partial charge >= 0.3 is 0 Å². The first-order chi connectivity index (χ1) is 10.1. The number of nitrogens with one attached hydrogen (secondary N) is 1. The first kappa shape index (κ1) is 15.8. The van der Waals surface area contributed by atoms with Gasteiger partial charge in [-0.25, -0.2) is 0 Å². The number of benzene rings is 1. The van der Waals surface area contributed by atoms with E-state index in [1.807, 2.05) is 6.07 Å². The van der Waals surface area contributed by atoms with Crippen molar-refractivity contribution in [2.24, 2.45) is 0 Å². The van der Waals surface area contributed by atoms with Gasteiger partial charge in [0.2, 0.25) is 0 Å². The van der Waals surface area contributed by atoms with Crippen LogP contribution in [-0.4, -0.2) is 45.2 Å². The van der Waals surface area contributed by atoms with Crippen molar-refractivity contribution in [3.8, 4) is 6.07 Å². The second-order valence-corrected chi connectivity index (χ2v) is 6.20. The lowest BCUT2D eigenvalue weighted by Gasteiger charge is -2.22. The molecule has 0 spiro atoms. The third kappa shape index (κ3) is 5.04. The van der Waals surface area contributed by atoms with E-state index in [2.05, 4.69) is 54.5 Å². The van der Waals surface area contributed by atoms with Gasteiger partial charge in [-0.05, 0) is 57.6 Å². The molecule has 1 aliphatic carbocycles. The first-order valence-corrected chi connectivity index (χ1v) is 7.72. The van der Waals surface area contributed by atoms with Crippen LogP contribution in [0.5, 0.6) is 0 Å². The van der Waals surface area contributed by atoms with Crippen LogP contribution in [0, 0.1) is 11.3 Å². The molecule has 0 heterocycles. The maximum absolute atomic E-state index is 9.39. The Morgan fingerprint density at radius 3 is 2.62 bits per heavy atom. The van der Waals surface area contributed by atoms with E-state index in [9.17, 15) is 5.26 Å². The molecule has 4 nitrogen and oxygen atoms in total.